The zero-order valence-electron chi connectivity index (χ0n) is 13.0. The van der Waals surface area contributed by atoms with Crippen LogP contribution in [0.25, 0.3) is 0 Å². The normalized spacial score (nSPS) is 12.5. The van der Waals surface area contributed by atoms with E-state index in [0.717, 1.165) is 0 Å². The third kappa shape index (κ3) is 6.83. The van der Waals surface area contributed by atoms with Gasteiger partial charge >= 0.3 is 0 Å². The summed E-state index contributed by atoms with van der Waals surface area (Å²) in [5, 5.41) is 13.6. The van der Waals surface area contributed by atoms with Crippen LogP contribution in [-0.2, 0) is 4.79 Å². The van der Waals surface area contributed by atoms with Crippen LogP contribution in [0.4, 0.5) is 0 Å². The Morgan fingerprint density at radius 2 is 1.95 bits per heavy atom. The topological polar surface area (TPSA) is 61.8 Å². The summed E-state index contributed by atoms with van der Waals surface area (Å²) in [6, 6.07) is 5.14. The second-order valence-electron chi connectivity index (χ2n) is 5.43. The Hall–Kier alpha value is -1.01. The monoisotopic (exact) mass is 348 g/mol. The SMILES string of the molecule is CC(C)NC(=O)CN(C)C[C@H](O)COc1c(Cl)cccc1Cl. The Balaban J connectivity index is 2.40. The Morgan fingerprint density at radius 3 is 2.50 bits per heavy atom. The summed E-state index contributed by atoms with van der Waals surface area (Å²) in [6.45, 7) is 4.34. The van der Waals surface area contributed by atoms with Gasteiger partial charge in [-0.05, 0) is 33.0 Å². The molecule has 5 nitrogen and oxygen atoms in total. The lowest BCUT2D eigenvalue weighted by Gasteiger charge is -2.21. The highest BCUT2D eigenvalue weighted by Crippen LogP contribution is 2.32. The Morgan fingerprint density at radius 1 is 1.36 bits per heavy atom. The molecular weight excluding hydrogens is 327 g/mol. The summed E-state index contributed by atoms with van der Waals surface area (Å²) in [5.74, 6) is 0.268. The molecule has 1 rings (SSSR count). The van der Waals surface area contributed by atoms with Crippen molar-refractivity contribution in [2.24, 2.45) is 0 Å². The van der Waals surface area contributed by atoms with Crippen molar-refractivity contribution in [3.63, 3.8) is 0 Å². The van der Waals surface area contributed by atoms with Gasteiger partial charge in [0.15, 0.2) is 5.75 Å². The first-order valence-corrected chi connectivity index (χ1v) is 7.78. The molecule has 0 saturated heterocycles. The number of para-hydroxylation sites is 1. The van der Waals surface area contributed by atoms with Gasteiger partial charge in [-0.25, -0.2) is 0 Å². The van der Waals surface area contributed by atoms with Crippen LogP contribution in [0.3, 0.4) is 0 Å². The van der Waals surface area contributed by atoms with E-state index < -0.39 is 6.10 Å². The summed E-state index contributed by atoms with van der Waals surface area (Å²) >= 11 is 12.0. The summed E-state index contributed by atoms with van der Waals surface area (Å²) < 4.78 is 5.46. The van der Waals surface area contributed by atoms with E-state index in [4.69, 9.17) is 27.9 Å². The van der Waals surface area contributed by atoms with Crippen molar-refractivity contribution >= 4 is 29.1 Å². The summed E-state index contributed by atoms with van der Waals surface area (Å²) in [4.78, 5) is 13.3. The molecule has 0 unspecified atom stereocenters. The van der Waals surface area contributed by atoms with Crippen LogP contribution in [0.15, 0.2) is 18.2 Å². The van der Waals surface area contributed by atoms with E-state index in [1.807, 2.05) is 13.8 Å². The largest absolute Gasteiger partial charge is 0.488 e. The highest BCUT2D eigenvalue weighted by molar-refractivity contribution is 6.37. The number of nitrogens with zero attached hydrogens (tertiary/aromatic N) is 1. The molecule has 0 aromatic heterocycles. The molecule has 0 bridgehead atoms. The molecule has 1 aromatic rings. The summed E-state index contributed by atoms with van der Waals surface area (Å²) in [7, 11) is 1.76. The molecule has 0 aliphatic carbocycles. The van der Waals surface area contributed by atoms with Gasteiger partial charge in [-0.3, -0.25) is 9.69 Å². The predicted molar refractivity (Wildman–Crippen MR) is 88.7 cm³/mol. The molecule has 0 saturated carbocycles. The fourth-order valence-corrected chi connectivity index (χ4v) is 2.40. The lowest BCUT2D eigenvalue weighted by atomic mass is 10.3. The molecule has 0 aliphatic heterocycles. The highest BCUT2D eigenvalue weighted by atomic mass is 35.5. The Kier molecular flexibility index (Phi) is 7.96. The third-order valence-corrected chi connectivity index (χ3v) is 3.32. The average Bonchev–Trinajstić information content (AvgIpc) is 2.36. The van der Waals surface area contributed by atoms with Gasteiger partial charge < -0.3 is 15.2 Å². The van der Waals surface area contributed by atoms with E-state index in [-0.39, 0.29) is 25.1 Å². The number of carbonyl (C=O) groups is 1. The lowest BCUT2D eigenvalue weighted by Crippen LogP contribution is -2.42. The van der Waals surface area contributed by atoms with Crippen LogP contribution in [0.1, 0.15) is 13.8 Å². The first-order chi connectivity index (χ1) is 10.3. The van der Waals surface area contributed by atoms with Gasteiger partial charge in [0.1, 0.15) is 12.7 Å². The molecule has 1 aromatic carbocycles. The van der Waals surface area contributed by atoms with Crippen molar-refractivity contribution in [1.29, 1.82) is 0 Å². The number of halogens is 2. The number of ether oxygens (including phenoxy) is 1. The van der Waals surface area contributed by atoms with Crippen molar-refractivity contribution in [2.75, 3.05) is 26.7 Å². The van der Waals surface area contributed by atoms with Gasteiger partial charge in [-0.1, -0.05) is 29.3 Å². The van der Waals surface area contributed by atoms with Crippen molar-refractivity contribution in [3.8, 4) is 5.75 Å². The summed E-state index contributed by atoms with van der Waals surface area (Å²) in [6.07, 6.45) is -0.760. The van der Waals surface area contributed by atoms with Crippen molar-refractivity contribution in [2.45, 2.75) is 26.0 Å². The van der Waals surface area contributed by atoms with Crippen LogP contribution in [0.2, 0.25) is 10.0 Å². The van der Waals surface area contributed by atoms with E-state index in [9.17, 15) is 9.90 Å². The maximum Gasteiger partial charge on any atom is 0.234 e. The number of carbonyl (C=O) groups excluding carboxylic acids is 1. The van der Waals surface area contributed by atoms with Gasteiger partial charge in [-0.15, -0.1) is 0 Å². The van der Waals surface area contributed by atoms with E-state index in [1.165, 1.54) is 0 Å². The number of benzene rings is 1. The smallest absolute Gasteiger partial charge is 0.234 e. The first kappa shape index (κ1) is 19.0. The van der Waals surface area contributed by atoms with E-state index in [1.54, 1.807) is 30.1 Å². The zero-order valence-corrected chi connectivity index (χ0v) is 14.5. The Bertz CT molecular complexity index is 477. The van der Waals surface area contributed by atoms with Gasteiger partial charge in [0.05, 0.1) is 16.6 Å². The number of hydrogen-bond acceptors (Lipinski definition) is 4. The predicted octanol–water partition coefficient (Wildman–Crippen LogP) is 2.19. The van der Waals surface area contributed by atoms with Crippen LogP contribution in [0.5, 0.6) is 5.75 Å². The molecule has 0 fully saturated rings. The van der Waals surface area contributed by atoms with Crippen molar-refractivity contribution in [1.82, 2.24) is 10.2 Å². The maximum atomic E-state index is 11.6. The second kappa shape index (κ2) is 9.20. The zero-order chi connectivity index (χ0) is 16.7. The minimum Gasteiger partial charge on any atom is -0.488 e. The van der Waals surface area contributed by atoms with Gasteiger partial charge in [0.2, 0.25) is 5.91 Å². The van der Waals surface area contributed by atoms with Crippen LogP contribution in [-0.4, -0.2) is 54.8 Å². The van der Waals surface area contributed by atoms with Crippen LogP contribution >= 0.6 is 23.2 Å². The minimum absolute atomic E-state index is 0.0413. The molecule has 0 radical (unpaired) electrons. The lowest BCUT2D eigenvalue weighted by molar-refractivity contribution is -0.122. The molecule has 0 spiro atoms. The number of rotatable bonds is 8. The molecular formula is C15H22Cl2N2O3. The molecule has 1 atom stereocenters. The quantitative estimate of drug-likeness (QED) is 0.755. The molecule has 0 aliphatic rings. The average molecular weight is 349 g/mol. The van der Waals surface area contributed by atoms with Crippen LogP contribution in [0, 0.1) is 0 Å². The Labute approximate surface area is 141 Å². The van der Waals surface area contributed by atoms with Crippen molar-refractivity contribution < 1.29 is 14.6 Å². The number of amides is 1. The maximum absolute atomic E-state index is 11.6. The van der Waals surface area contributed by atoms with E-state index in [0.29, 0.717) is 22.3 Å². The molecule has 2 N–H and O–H groups in total. The molecule has 22 heavy (non-hydrogen) atoms. The number of aliphatic hydroxyl groups is 1. The fourth-order valence-electron chi connectivity index (χ4n) is 1.89. The molecule has 1 amide bonds. The standard InChI is InChI=1S/C15H22Cl2N2O3/c1-10(2)18-14(21)8-19(3)7-11(20)9-22-15-12(16)5-4-6-13(15)17/h4-6,10-11,20H,7-9H2,1-3H3,(H,18,21)/t11-/m0/s1. The summed E-state index contributed by atoms with van der Waals surface area (Å²) in [5.41, 5.74) is 0. The number of likely N-dealkylation sites (N-methyl/N-ethyl adjacent to an activating group) is 1. The van der Waals surface area contributed by atoms with E-state index >= 15 is 0 Å². The number of aliphatic hydroxyl groups excluding tert-OH is 1. The number of nitrogens with one attached hydrogen (secondary N) is 1. The van der Waals surface area contributed by atoms with Gasteiger partial charge in [0.25, 0.3) is 0 Å². The molecule has 124 valence electrons. The molecule has 0 heterocycles. The van der Waals surface area contributed by atoms with Gasteiger partial charge in [0, 0.05) is 12.6 Å². The second-order valence-corrected chi connectivity index (χ2v) is 6.25. The molecule has 7 heteroatoms. The number of hydrogen-bond donors (Lipinski definition) is 2. The van der Waals surface area contributed by atoms with Gasteiger partial charge in [-0.2, -0.15) is 0 Å². The fraction of sp³-hybridized carbons (Fsp3) is 0.533. The minimum atomic E-state index is -0.760. The van der Waals surface area contributed by atoms with Crippen molar-refractivity contribution in [3.05, 3.63) is 28.2 Å². The van der Waals surface area contributed by atoms with E-state index in [2.05, 4.69) is 5.32 Å². The van der Waals surface area contributed by atoms with Crippen LogP contribution < -0.4 is 10.1 Å². The third-order valence-electron chi connectivity index (χ3n) is 2.72. The first-order valence-electron chi connectivity index (χ1n) is 7.02. The highest BCUT2D eigenvalue weighted by Gasteiger charge is 2.14.